The number of rotatable bonds is 0. The summed E-state index contributed by atoms with van der Waals surface area (Å²) in [5, 5.41) is 0.967. The molecule has 15 heavy (non-hydrogen) atoms. The zero-order valence-electron chi connectivity index (χ0n) is 8.23. The van der Waals surface area contributed by atoms with E-state index in [-0.39, 0.29) is 24.8 Å². The Bertz CT molecular complexity index is 471. The van der Waals surface area contributed by atoms with Gasteiger partial charge in [-0.1, -0.05) is 18.2 Å². The van der Waals surface area contributed by atoms with Gasteiger partial charge in [0.25, 0.3) is 0 Å². The van der Waals surface area contributed by atoms with Gasteiger partial charge in [-0.2, -0.15) is 0 Å². The Balaban J connectivity index is 0.000000980. The summed E-state index contributed by atoms with van der Waals surface area (Å²) in [5.74, 6) is 0.510. The van der Waals surface area contributed by atoms with Crippen molar-refractivity contribution < 1.29 is 0 Å². The van der Waals surface area contributed by atoms with Gasteiger partial charge in [-0.3, -0.25) is 0 Å². The van der Waals surface area contributed by atoms with Crippen LogP contribution < -0.4 is 11.5 Å². The predicted octanol–water partition coefficient (Wildman–Crippen LogP) is 2.55. The number of nitrogens with zero attached hydrogens (tertiary/aromatic N) is 1. The van der Waals surface area contributed by atoms with E-state index in [2.05, 4.69) is 4.98 Å². The van der Waals surface area contributed by atoms with Crippen LogP contribution in [-0.4, -0.2) is 4.98 Å². The first-order valence-corrected chi connectivity index (χ1v) is 4.10. The molecule has 0 radical (unpaired) electrons. The first kappa shape index (κ1) is 13.8. The molecule has 0 fully saturated rings. The summed E-state index contributed by atoms with van der Waals surface area (Å²) in [6.45, 7) is 1.88. The second-order valence-corrected chi connectivity index (χ2v) is 3.05. The maximum Gasteiger partial charge on any atom is 0.129 e. The minimum absolute atomic E-state index is 0. The number of para-hydroxylation sites is 1. The lowest BCUT2D eigenvalue weighted by molar-refractivity contribution is 1.34. The number of benzene rings is 1. The van der Waals surface area contributed by atoms with E-state index in [1.165, 1.54) is 0 Å². The van der Waals surface area contributed by atoms with E-state index in [0.717, 1.165) is 22.2 Å². The summed E-state index contributed by atoms with van der Waals surface area (Å²) >= 11 is 0. The van der Waals surface area contributed by atoms with Gasteiger partial charge < -0.3 is 11.5 Å². The quantitative estimate of drug-likeness (QED) is 0.750. The lowest BCUT2D eigenvalue weighted by Crippen LogP contribution is -2.00. The van der Waals surface area contributed by atoms with Crippen molar-refractivity contribution in [1.82, 2.24) is 4.98 Å². The van der Waals surface area contributed by atoms with Crippen molar-refractivity contribution in [3.63, 3.8) is 0 Å². The number of nitrogen functional groups attached to an aromatic ring is 2. The molecule has 4 N–H and O–H groups in total. The third kappa shape index (κ3) is 2.25. The van der Waals surface area contributed by atoms with Crippen LogP contribution >= 0.6 is 24.8 Å². The van der Waals surface area contributed by atoms with Crippen molar-refractivity contribution in [1.29, 1.82) is 0 Å². The highest BCUT2D eigenvalue weighted by molar-refractivity contribution is 5.93. The van der Waals surface area contributed by atoms with Gasteiger partial charge in [0.2, 0.25) is 0 Å². The molecule has 0 aliphatic carbocycles. The molecular weight excluding hydrogens is 233 g/mol. The molecule has 0 spiro atoms. The third-order valence-electron chi connectivity index (χ3n) is 2.22. The zero-order chi connectivity index (χ0) is 9.42. The Morgan fingerprint density at radius 1 is 1.07 bits per heavy atom. The fraction of sp³-hybridized carbons (Fsp3) is 0.100. The fourth-order valence-electron chi connectivity index (χ4n) is 1.35. The van der Waals surface area contributed by atoms with E-state index >= 15 is 0 Å². The third-order valence-corrected chi connectivity index (χ3v) is 2.22. The van der Waals surface area contributed by atoms with Crippen LogP contribution in [0.15, 0.2) is 24.3 Å². The van der Waals surface area contributed by atoms with Crippen molar-refractivity contribution >= 4 is 47.2 Å². The standard InChI is InChI=1S/C10H11N3.2ClH/c1-6-9(11)7-4-2-3-5-8(7)13-10(6)12;;/h2-5H,1H3,(H4,11,12,13);2*1H. The van der Waals surface area contributed by atoms with Gasteiger partial charge in [-0.15, -0.1) is 24.8 Å². The molecule has 82 valence electrons. The van der Waals surface area contributed by atoms with Gasteiger partial charge in [0.15, 0.2) is 0 Å². The molecule has 0 bridgehead atoms. The van der Waals surface area contributed by atoms with Gasteiger partial charge in [-0.25, -0.2) is 4.98 Å². The van der Waals surface area contributed by atoms with E-state index in [1.807, 2.05) is 31.2 Å². The highest BCUT2D eigenvalue weighted by atomic mass is 35.5. The number of hydrogen-bond acceptors (Lipinski definition) is 3. The molecule has 0 aliphatic rings. The first-order valence-electron chi connectivity index (χ1n) is 4.10. The molecule has 0 amide bonds. The molecule has 0 aliphatic heterocycles. The molecule has 1 aromatic carbocycles. The Hall–Kier alpha value is -1.19. The van der Waals surface area contributed by atoms with Crippen molar-refractivity contribution in [3.05, 3.63) is 29.8 Å². The molecule has 2 aromatic rings. The smallest absolute Gasteiger partial charge is 0.129 e. The highest BCUT2D eigenvalue weighted by Crippen LogP contribution is 2.25. The Kier molecular flexibility index (Phi) is 4.65. The normalized spacial score (nSPS) is 9.13. The number of fused-ring (bicyclic) bond motifs is 1. The average molecular weight is 246 g/mol. The van der Waals surface area contributed by atoms with Crippen LogP contribution in [0.4, 0.5) is 11.5 Å². The average Bonchev–Trinajstić information content (AvgIpc) is 2.15. The van der Waals surface area contributed by atoms with Gasteiger partial charge in [0.1, 0.15) is 5.82 Å². The fourth-order valence-corrected chi connectivity index (χ4v) is 1.35. The van der Waals surface area contributed by atoms with Gasteiger partial charge >= 0.3 is 0 Å². The summed E-state index contributed by atoms with van der Waals surface area (Å²) in [5.41, 5.74) is 14.0. The Morgan fingerprint density at radius 3 is 2.33 bits per heavy atom. The van der Waals surface area contributed by atoms with E-state index < -0.39 is 0 Å². The predicted molar refractivity (Wildman–Crippen MR) is 69.8 cm³/mol. The molecule has 3 nitrogen and oxygen atoms in total. The maximum atomic E-state index is 5.90. The van der Waals surface area contributed by atoms with E-state index in [1.54, 1.807) is 0 Å². The van der Waals surface area contributed by atoms with E-state index in [0.29, 0.717) is 5.82 Å². The minimum Gasteiger partial charge on any atom is -0.398 e. The molecule has 1 aromatic heterocycles. The number of halogens is 2. The van der Waals surface area contributed by atoms with E-state index in [4.69, 9.17) is 11.5 Å². The monoisotopic (exact) mass is 245 g/mol. The SMILES string of the molecule is Cc1c(N)nc2ccccc2c1N.Cl.Cl. The summed E-state index contributed by atoms with van der Waals surface area (Å²) in [4.78, 5) is 4.23. The lowest BCUT2D eigenvalue weighted by atomic mass is 10.1. The zero-order valence-corrected chi connectivity index (χ0v) is 9.86. The van der Waals surface area contributed by atoms with Crippen LogP contribution in [0, 0.1) is 6.92 Å². The van der Waals surface area contributed by atoms with Crippen molar-refractivity contribution in [2.75, 3.05) is 11.5 Å². The molecule has 1 heterocycles. The van der Waals surface area contributed by atoms with Crippen molar-refractivity contribution in [2.24, 2.45) is 0 Å². The van der Waals surface area contributed by atoms with Crippen LogP contribution in [0.3, 0.4) is 0 Å². The summed E-state index contributed by atoms with van der Waals surface area (Å²) < 4.78 is 0. The number of aromatic nitrogens is 1. The Labute approximate surface area is 101 Å². The Morgan fingerprint density at radius 2 is 1.67 bits per heavy atom. The molecule has 0 saturated carbocycles. The molecule has 5 heteroatoms. The lowest BCUT2D eigenvalue weighted by Gasteiger charge is -2.06. The maximum absolute atomic E-state index is 5.90. The number of hydrogen-bond donors (Lipinski definition) is 2. The number of anilines is 2. The van der Waals surface area contributed by atoms with Gasteiger partial charge in [0, 0.05) is 16.6 Å². The van der Waals surface area contributed by atoms with Crippen molar-refractivity contribution in [2.45, 2.75) is 6.92 Å². The highest BCUT2D eigenvalue weighted by Gasteiger charge is 2.05. The molecule has 0 atom stereocenters. The molecule has 0 saturated heterocycles. The second kappa shape index (κ2) is 5.05. The van der Waals surface area contributed by atoms with Crippen LogP contribution in [0.25, 0.3) is 10.9 Å². The van der Waals surface area contributed by atoms with Crippen LogP contribution in [0.1, 0.15) is 5.56 Å². The van der Waals surface area contributed by atoms with E-state index in [9.17, 15) is 0 Å². The molecular formula is C10H13Cl2N3. The van der Waals surface area contributed by atoms with Crippen LogP contribution in [-0.2, 0) is 0 Å². The van der Waals surface area contributed by atoms with Crippen LogP contribution in [0.2, 0.25) is 0 Å². The number of nitrogens with two attached hydrogens (primary N) is 2. The van der Waals surface area contributed by atoms with Crippen LogP contribution in [0.5, 0.6) is 0 Å². The minimum atomic E-state index is 0. The van der Waals surface area contributed by atoms with Crippen molar-refractivity contribution in [3.8, 4) is 0 Å². The molecule has 0 unspecified atom stereocenters. The molecule has 2 rings (SSSR count). The second-order valence-electron chi connectivity index (χ2n) is 3.05. The summed E-state index contributed by atoms with van der Waals surface area (Å²) in [6.07, 6.45) is 0. The first-order chi connectivity index (χ1) is 6.20. The number of pyridine rings is 1. The van der Waals surface area contributed by atoms with Gasteiger partial charge in [-0.05, 0) is 13.0 Å². The topological polar surface area (TPSA) is 64.9 Å². The van der Waals surface area contributed by atoms with Gasteiger partial charge in [0.05, 0.1) is 5.52 Å². The summed E-state index contributed by atoms with van der Waals surface area (Å²) in [7, 11) is 0. The summed E-state index contributed by atoms with van der Waals surface area (Å²) in [6, 6.07) is 7.71. The largest absolute Gasteiger partial charge is 0.398 e.